The van der Waals surface area contributed by atoms with Crippen LogP contribution in [0.2, 0.25) is 0 Å². The highest BCUT2D eigenvalue weighted by molar-refractivity contribution is 8.18. The van der Waals surface area contributed by atoms with Crippen molar-refractivity contribution in [2.24, 2.45) is 0 Å². The second kappa shape index (κ2) is 8.24. The average molecular weight is 419 g/mol. The zero-order valence-corrected chi connectivity index (χ0v) is 17.9. The molecule has 2 amide bonds. The Morgan fingerprint density at radius 3 is 2.50 bits per heavy atom. The highest BCUT2D eigenvalue weighted by Crippen LogP contribution is 2.34. The van der Waals surface area contributed by atoms with Crippen molar-refractivity contribution >= 4 is 29.0 Å². The van der Waals surface area contributed by atoms with E-state index in [0.29, 0.717) is 4.91 Å². The van der Waals surface area contributed by atoms with Crippen LogP contribution in [0.5, 0.6) is 5.75 Å². The number of nitrogens with zero attached hydrogens (tertiary/aromatic N) is 2. The number of methoxy groups -OCH3 is 1. The molecule has 0 spiro atoms. The van der Waals surface area contributed by atoms with E-state index < -0.39 is 0 Å². The van der Waals surface area contributed by atoms with E-state index in [2.05, 4.69) is 4.57 Å². The minimum atomic E-state index is -0.250. The Kier molecular flexibility index (Phi) is 5.50. The van der Waals surface area contributed by atoms with Crippen LogP contribution in [-0.2, 0) is 11.3 Å². The Morgan fingerprint density at radius 2 is 1.77 bits per heavy atom. The lowest BCUT2D eigenvalue weighted by atomic mass is 10.2. The molecule has 0 bridgehead atoms. The van der Waals surface area contributed by atoms with Gasteiger partial charge in [-0.2, -0.15) is 0 Å². The van der Waals surface area contributed by atoms with Crippen molar-refractivity contribution in [3.05, 3.63) is 88.1 Å². The summed E-state index contributed by atoms with van der Waals surface area (Å²) in [5.41, 5.74) is 4.87. The first-order valence-electron chi connectivity index (χ1n) is 9.60. The minimum absolute atomic E-state index is 0.239. The Morgan fingerprint density at radius 1 is 1.00 bits per heavy atom. The molecule has 6 heteroatoms. The number of imide groups is 1. The average Bonchev–Trinajstić information content (AvgIpc) is 3.18. The summed E-state index contributed by atoms with van der Waals surface area (Å²) in [4.78, 5) is 27.1. The quantitative estimate of drug-likeness (QED) is 0.525. The second-order valence-corrected chi connectivity index (χ2v) is 8.11. The fraction of sp³-hybridized carbons (Fsp3) is 0.167. The fourth-order valence-electron chi connectivity index (χ4n) is 3.62. The van der Waals surface area contributed by atoms with Gasteiger partial charge in [-0.3, -0.25) is 14.5 Å². The molecule has 0 N–H and O–H groups in total. The number of aryl methyl sites for hydroxylation is 1. The van der Waals surface area contributed by atoms with E-state index in [1.807, 2.05) is 80.6 Å². The second-order valence-electron chi connectivity index (χ2n) is 7.12. The van der Waals surface area contributed by atoms with E-state index in [1.165, 1.54) is 4.90 Å². The van der Waals surface area contributed by atoms with Gasteiger partial charge in [0.2, 0.25) is 0 Å². The van der Waals surface area contributed by atoms with Crippen LogP contribution in [0.3, 0.4) is 0 Å². The molecular formula is C24H22N2O3S. The third-order valence-corrected chi connectivity index (χ3v) is 6.03. The van der Waals surface area contributed by atoms with Crippen LogP contribution in [0, 0.1) is 13.8 Å². The lowest BCUT2D eigenvalue weighted by Crippen LogP contribution is -2.27. The van der Waals surface area contributed by atoms with Crippen molar-refractivity contribution in [1.29, 1.82) is 0 Å². The van der Waals surface area contributed by atoms with Gasteiger partial charge in [0.05, 0.1) is 18.6 Å². The van der Waals surface area contributed by atoms with Gasteiger partial charge in [-0.1, -0.05) is 36.4 Å². The van der Waals surface area contributed by atoms with Gasteiger partial charge in [0, 0.05) is 23.1 Å². The predicted octanol–water partition coefficient (Wildman–Crippen LogP) is 5.34. The number of aromatic nitrogens is 1. The SMILES string of the molecule is COc1cccc(-n2c(C)cc(/C=C3\SC(=O)N(Cc4ccccc4)C3=O)c2C)c1. The number of carbonyl (C=O) groups excluding carboxylic acids is 2. The first-order valence-corrected chi connectivity index (χ1v) is 10.4. The topological polar surface area (TPSA) is 51.5 Å². The van der Waals surface area contributed by atoms with E-state index in [4.69, 9.17) is 4.74 Å². The zero-order valence-electron chi connectivity index (χ0n) is 17.1. The van der Waals surface area contributed by atoms with Crippen LogP contribution in [0.1, 0.15) is 22.5 Å². The van der Waals surface area contributed by atoms with Gasteiger partial charge in [0.25, 0.3) is 11.1 Å². The third kappa shape index (κ3) is 3.78. The van der Waals surface area contributed by atoms with Crippen LogP contribution in [-0.4, -0.2) is 27.7 Å². The maximum atomic E-state index is 12.9. The van der Waals surface area contributed by atoms with E-state index in [1.54, 1.807) is 7.11 Å². The van der Waals surface area contributed by atoms with Crippen molar-refractivity contribution in [3.8, 4) is 11.4 Å². The number of hydrogen-bond donors (Lipinski definition) is 0. The van der Waals surface area contributed by atoms with E-state index in [-0.39, 0.29) is 17.7 Å². The third-order valence-electron chi connectivity index (χ3n) is 5.13. The Labute approximate surface area is 180 Å². The molecule has 0 unspecified atom stereocenters. The maximum Gasteiger partial charge on any atom is 0.293 e. The molecule has 152 valence electrons. The summed E-state index contributed by atoms with van der Waals surface area (Å²) in [6.45, 7) is 4.31. The van der Waals surface area contributed by atoms with Crippen molar-refractivity contribution in [2.75, 3.05) is 7.11 Å². The van der Waals surface area contributed by atoms with Crippen LogP contribution < -0.4 is 4.74 Å². The molecule has 30 heavy (non-hydrogen) atoms. The maximum absolute atomic E-state index is 12.9. The number of carbonyl (C=O) groups is 2. The molecule has 1 aliphatic rings. The highest BCUT2D eigenvalue weighted by atomic mass is 32.2. The number of ether oxygens (including phenoxy) is 1. The molecule has 4 rings (SSSR count). The van der Waals surface area contributed by atoms with Gasteiger partial charge >= 0.3 is 0 Å². The number of rotatable bonds is 5. The molecule has 5 nitrogen and oxygen atoms in total. The first kappa shape index (κ1) is 20.0. The molecule has 1 saturated heterocycles. The van der Waals surface area contributed by atoms with Crippen molar-refractivity contribution in [3.63, 3.8) is 0 Å². The molecule has 1 fully saturated rings. The van der Waals surface area contributed by atoms with Crippen LogP contribution >= 0.6 is 11.8 Å². The lowest BCUT2D eigenvalue weighted by molar-refractivity contribution is -0.123. The molecule has 1 aliphatic heterocycles. The number of thioether (sulfide) groups is 1. The molecular weight excluding hydrogens is 396 g/mol. The number of benzene rings is 2. The monoisotopic (exact) mass is 418 g/mol. The molecule has 0 saturated carbocycles. The first-order chi connectivity index (χ1) is 14.5. The number of hydrogen-bond acceptors (Lipinski definition) is 4. The Bertz CT molecular complexity index is 1150. The van der Waals surface area contributed by atoms with Crippen molar-refractivity contribution < 1.29 is 14.3 Å². The summed E-state index contributed by atoms with van der Waals surface area (Å²) in [6, 6.07) is 19.4. The molecule has 3 aromatic rings. The summed E-state index contributed by atoms with van der Waals surface area (Å²) in [5.74, 6) is 0.531. The summed E-state index contributed by atoms with van der Waals surface area (Å²) in [6.07, 6.45) is 1.81. The van der Waals surface area contributed by atoms with Gasteiger partial charge in [0.1, 0.15) is 5.75 Å². The van der Waals surface area contributed by atoms with Gasteiger partial charge in [0.15, 0.2) is 0 Å². The molecule has 2 aromatic carbocycles. The standard InChI is InChI=1S/C24H22N2O3S/c1-16-12-19(17(2)26(16)20-10-7-11-21(14-20)29-3)13-22-23(27)25(24(28)30-22)15-18-8-5-4-6-9-18/h4-14H,15H2,1-3H3/b22-13-. The molecule has 2 heterocycles. The predicted molar refractivity (Wildman–Crippen MR) is 120 cm³/mol. The fourth-order valence-corrected chi connectivity index (χ4v) is 4.45. The summed E-state index contributed by atoms with van der Waals surface area (Å²) < 4.78 is 7.45. The van der Waals surface area contributed by atoms with Gasteiger partial charge in [-0.25, -0.2) is 0 Å². The summed E-state index contributed by atoms with van der Waals surface area (Å²) in [5, 5.41) is -0.239. The van der Waals surface area contributed by atoms with E-state index in [0.717, 1.165) is 45.7 Å². The molecule has 1 aromatic heterocycles. The smallest absolute Gasteiger partial charge is 0.293 e. The normalized spacial score (nSPS) is 15.3. The molecule has 0 atom stereocenters. The Balaban J connectivity index is 1.64. The van der Waals surface area contributed by atoms with Crippen LogP contribution in [0.25, 0.3) is 11.8 Å². The minimum Gasteiger partial charge on any atom is -0.497 e. The van der Waals surface area contributed by atoms with Gasteiger partial charge in [-0.15, -0.1) is 0 Å². The van der Waals surface area contributed by atoms with Gasteiger partial charge in [-0.05, 0) is 61.0 Å². The Hall–Kier alpha value is -3.25. The van der Waals surface area contributed by atoms with Crippen molar-refractivity contribution in [2.45, 2.75) is 20.4 Å². The largest absolute Gasteiger partial charge is 0.497 e. The van der Waals surface area contributed by atoms with Crippen LogP contribution in [0.4, 0.5) is 4.79 Å². The molecule has 0 aliphatic carbocycles. The summed E-state index contributed by atoms with van der Waals surface area (Å²) in [7, 11) is 1.64. The summed E-state index contributed by atoms with van der Waals surface area (Å²) >= 11 is 0.991. The lowest BCUT2D eigenvalue weighted by Gasteiger charge is -2.12. The molecule has 0 radical (unpaired) electrons. The van der Waals surface area contributed by atoms with Crippen LogP contribution in [0.15, 0.2) is 65.6 Å². The van der Waals surface area contributed by atoms with E-state index >= 15 is 0 Å². The van der Waals surface area contributed by atoms with Gasteiger partial charge < -0.3 is 9.30 Å². The van der Waals surface area contributed by atoms with Crippen molar-refractivity contribution in [1.82, 2.24) is 9.47 Å². The van der Waals surface area contributed by atoms with E-state index in [9.17, 15) is 9.59 Å². The zero-order chi connectivity index (χ0) is 21.3. The number of amides is 2. The highest BCUT2D eigenvalue weighted by Gasteiger charge is 2.35.